The topological polar surface area (TPSA) is 88.0 Å². The van der Waals surface area contributed by atoms with Gasteiger partial charge in [0.05, 0.1) is 17.8 Å². The molecule has 0 bridgehead atoms. The predicted octanol–water partition coefficient (Wildman–Crippen LogP) is 1.48. The highest BCUT2D eigenvalue weighted by molar-refractivity contribution is 5.80. The fraction of sp³-hybridized carbons (Fsp3) is 0.938. The van der Waals surface area contributed by atoms with Crippen molar-refractivity contribution in [2.75, 3.05) is 26.9 Å². The molecule has 134 valence electrons. The van der Waals surface area contributed by atoms with Crippen molar-refractivity contribution in [1.82, 2.24) is 5.32 Å². The molecule has 0 saturated carbocycles. The number of methoxy groups -OCH3 is 1. The summed E-state index contributed by atoms with van der Waals surface area (Å²) in [5.41, 5.74) is -0.769. The molecule has 0 aliphatic rings. The van der Waals surface area contributed by atoms with Crippen molar-refractivity contribution in [3.8, 4) is 0 Å². The van der Waals surface area contributed by atoms with Gasteiger partial charge in [0.15, 0.2) is 0 Å². The number of hydrogen-bond donors (Lipinski definition) is 3. The number of ether oxygens (including phenoxy) is 2. The normalized spacial score (nSPS) is 13.1. The molecule has 0 saturated heterocycles. The molecular formula is C16H35NO5. The smallest absolute Gasteiger partial charge is 0.249 e. The van der Waals surface area contributed by atoms with Crippen LogP contribution in [0.5, 0.6) is 0 Å². The second-order valence-corrected chi connectivity index (χ2v) is 6.07. The van der Waals surface area contributed by atoms with Crippen LogP contribution in [0.4, 0.5) is 0 Å². The van der Waals surface area contributed by atoms with Gasteiger partial charge in [-0.2, -0.15) is 0 Å². The first kappa shape index (κ1) is 23.6. The quantitative estimate of drug-likeness (QED) is 0.567. The Morgan fingerprint density at radius 1 is 1.18 bits per heavy atom. The fourth-order valence-electron chi connectivity index (χ4n) is 1.40. The fourth-order valence-corrected chi connectivity index (χ4v) is 1.40. The Bertz CT molecular complexity index is 292. The highest BCUT2D eigenvalue weighted by Crippen LogP contribution is 2.16. The van der Waals surface area contributed by atoms with Crippen LogP contribution >= 0.6 is 0 Å². The summed E-state index contributed by atoms with van der Waals surface area (Å²) in [4.78, 5) is 11.5. The molecule has 0 aliphatic heterocycles. The van der Waals surface area contributed by atoms with Crippen molar-refractivity contribution >= 4 is 5.91 Å². The lowest BCUT2D eigenvalue weighted by molar-refractivity contribution is -0.132. The number of hydrogen-bond acceptors (Lipinski definition) is 5. The Kier molecular flexibility index (Phi) is 12.7. The largest absolute Gasteiger partial charge is 0.396 e. The van der Waals surface area contributed by atoms with Gasteiger partial charge in [-0.3, -0.25) is 4.79 Å². The van der Waals surface area contributed by atoms with Gasteiger partial charge < -0.3 is 25.0 Å². The standard InChI is InChI=1S/C14H29NO5.C2H6/c1-13(2,19-5)7-9-20-14(3,4)10-15-12(18)11(17)6-8-16;1-2/h11,16-17H,6-10H2,1-5H3,(H,15,18);1-2H3. The molecule has 3 N–H and O–H groups in total. The van der Waals surface area contributed by atoms with Crippen LogP contribution < -0.4 is 5.32 Å². The summed E-state index contributed by atoms with van der Waals surface area (Å²) in [5, 5.41) is 20.7. The zero-order valence-electron chi connectivity index (χ0n) is 15.2. The van der Waals surface area contributed by atoms with Crippen molar-refractivity contribution in [3.63, 3.8) is 0 Å². The predicted molar refractivity (Wildman–Crippen MR) is 87.8 cm³/mol. The molecule has 6 heteroatoms. The van der Waals surface area contributed by atoms with Crippen molar-refractivity contribution in [3.05, 3.63) is 0 Å². The molecule has 1 atom stereocenters. The molecule has 0 spiro atoms. The van der Waals surface area contributed by atoms with E-state index in [1.54, 1.807) is 7.11 Å². The molecule has 6 nitrogen and oxygen atoms in total. The lowest BCUT2D eigenvalue weighted by Gasteiger charge is -2.29. The van der Waals surface area contributed by atoms with E-state index in [0.717, 1.165) is 6.42 Å². The Labute approximate surface area is 135 Å². The maximum Gasteiger partial charge on any atom is 0.249 e. The van der Waals surface area contributed by atoms with Crippen molar-refractivity contribution in [1.29, 1.82) is 0 Å². The van der Waals surface area contributed by atoms with E-state index >= 15 is 0 Å². The SMILES string of the molecule is CC.COC(C)(C)CCOC(C)(C)CNC(=O)C(O)CCO. The number of amides is 1. The minimum atomic E-state index is -1.18. The maximum absolute atomic E-state index is 11.5. The average molecular weight is 321 g/mol. The molecule has 1 amide bonds. The Balaban J connectivity index is 0. The molecule has 22 heavy (non-hydrogen) atoms. The van der Waals surface area contributed by atoms with Crippen molar-refractivity contribution in [2.45, 2.75) is 71.7 Å². The Morgan fingerprint density at radius 3 is 2.18 bits per heavy atom. The zero-order valence-corrected chi connectivity index (χ0v) is 15.2. The van der Waals surface area contributed by atoms with Gasteiger partial charge in [-0.25, -0.2) is 0 Å². The number of rotatable bonds is 10. The van der Waals surface area contributed by atoms with E-state index in [9.17, 15) is 9.90 Å². The molecular weight excluding hydrogens is 286 g/mol. The van der Waals surface area contributed by atoms with Gasteiger partial charge in [0, 0.05) is 26.7 Å². The van der Waals surface area contributed by atoms with Crippen LogP contribution in [0.15, 0.2) is 0 Å². The van der Waals surface area contributed by atoms with E-state index in [0.29, 0.717) is 13.2 Å². The summed E-state index contributed by atoms with van der Waals surface area (Å²) >= 11 is 0. The summed E-state index contributed by atoms with van der Waals surface area (Å²) < 4.78 is 11.0. The number of aliphatic hydroxyl groups is 2. The van der Waals surface area contributed by atoms with Crippen LogP contribution in [-0.4, -0.2) is 60.3 Å². The second kappa shape index (κ2) is 11.8. The lowest BCUT2D eigenvalue weighted by atomic mass is 10.1. The van der Waals surface area contributed by atoms with E-state index in [1.165, 1.54) is 0 Å². The summed E-state index contributed by atoms with van der Waals surface area (Å²) in [6, 6.07) is 0. The molecule has 0 aromatic rings. The number of carbonyl (C=O) groups is 1. The van der Waals surface area contributed by atoms with Gasteiger partial charge in [-0.05, 0) is 34.1 Å². The second-order valence-electron chi connectivity index (χ2n) is 6.07. The minimum absolute atomic E-state index is 0.0369. The van der Waals surface area contributed by atoms with E-state index in [1.807, 2.05) is 41.5 Å². The molecule has 0 aromatic heterocycles. The van der Waals surface area contributed by atoms with Gasteiger partial charge >= 0.3 is 0 Å². The number of aliphatic hydroxyl groups excluding tert-OH is 2. The van der Waals surface area contributed by atoms with Crippen molar-refractivity contribution in [2.24, 2.45) is 0 Å². The molecule has 0 heterocycles. The first-order chi connectivity index (χ1) is 10.1. The van der Waals surface area contributed by atoms with Crippen LogP contribution in [0.2, 0.25) is 0 Å². The highest BCUT2D eigenvalue weighted by Gasteiger charge is 2.24. The molecule has 1 unspecified atom stereocenters. The summed E-state index contributed by atoms with van der Waals surface area (Å²) in [6.45, 7) is 12.3. The van der Waals surface area contributed by atoms with Gasteiger partial charge in [0.2, 0.25) is 5.91 Å². The zero-order chi connectivity index (χ0) is 17.8. The van der Waals surface area contributed by atoms with E-state index in [4.69, 9.17) is 14.6 Å². The van der Waals surface area contributed by atoms with Gasteiger partial charge in [0.25, 0.3) is 0 Å². The first-order valence-corrected chi connectivity index (χ1v) is 7.89. The minimum Gasteiger partial charge on any atom is -0.396 e. The molecule has 0 aromatic carbocycles. The third-order valence-corrected chi connectivity index (χ3v) is 3.14. The van der Waals surface area contributed by atoms with E-state index in [2.05, 4.69) is 5.32 Å². The van der Waals surface area contributed by atoms with Gasteiger partial charge in [0.1, 0.15) is 6.10 Å². The molecule has 0 aliphatic carbocycles. The van der Waals surface area contributed by atoms with Gasteiger partial charge in [-0.1, -0.05) is 13.8 Å². The summed E-state index contributed by atoms with van der Waals surface area (Å²) in [7, 11) is 1.66. The average Bonchev–Trinajstić information content (AvgIpc) is 2.46. The summed E-state index contributed by atoms with van der Waals surface area (Å²) in [6.07, 6.45) is -0.397. The highest BCUT2D eigenvalue weighted by atomic mass is 16.5. The van der Waals surface area contributed by atoms with Crippen LogP contribution in [0.1, 0.15) is 54.4 Å². The molecule has 0 radical (unpaired) electrons. The van der Waals surface area contributed by atoms with E-state index in [-0.39, 0.29) is 18.6 Å². The summed E-state index contributed by atoms with van der Waals surface area (Å²) in [5.74, 6) is -0.493. The molecule has 0 fully saturated rings. The van der Waals surface area contributed by atoms with Crippen LogP contribution in [-0.2, 0) is 14.3 Å². The third-order valence-electron chi connectivity index (χ3n) is 3.14. The van der Waals surface area contributed by atoms with Crippen LogP contribution in [0.3, 0.4) is 0 Å². The van der Waals surface area contributed by atoms with Crippen molar-refractivity contribution < 1.29 is 24.5 Å². The Morgan fingerprint density at radius 2 is 1.73 bits per heavy atom. The van der Waals surface area contributed by atoms with Crippen LogP contribution in [0, 0.1) is 0 Å². The van der Waals surface area contributed by atoms with Gasteiger partial charge in [-0.15, -0.1) is 0 Å². The molecule has 0 rings (SSSR count). The first-order valence-electron chi connectivity index (χ1n) is 7.89. The monoisotopic (exact) mass is 321 g/mol. The maximum atomic E-state index is 11.5. The third kappa shape index (κ3) is 11.9. The number of nitrogens with one attached hydrogen (secondary N) is 1. The lowest BCUT2D eigenvalue weighted by Crippen LogP contribution is -2.45. The number of carbonyl (C=O) groups excluding carboxylic acids is 1. The van der Waals surface area contributed by atoms with Crippen LogP contribution in [0.25, 0.3) is 0 Å². The Hall–Kier alpha value is -0.690. The van der Waals surface area contributed by atoms with E-state index < -0.39 is 17.6 Å².